The largest absolute Gasteiger partial charge is 0.472 e. The molecule has 8 nitrogen and oxygen atoms in total. The summed E-state index contributed by atoms with van der Waals surface area (Å²) >= 11 is 0. The molecule has 0 spiro atoms. The van der Waals surface area contributed by atoms with Gasteiger partial charge in [0.15, 0.2) is 0 Å². The number of likely N-dealkylation sites (N-methyl/N-ethyl adjacent to an activating group) is 1. The van der Waals surface area contributed by atoms with E-state index in [1.807, 2.05) is 21.1 Å². The van der Waals surface area contributed by atoms with Crippen LogP contribution in [-0.2, 0) is 18.4 Å². The summed E-state index contributed by atoms with van der Waals surface area (Å²) in [6.07, 6.45) is 21.7. The van der Waals surface area contributed by atoms with Gasteiger partial charge in [0, 0.05) is 6.42 Å². The Morgan fingerprint density at radius 3 is 1.68 bits per heavy atom. The van der Waals surface area contributed by atoms with Gasteiger partial charge >= 0.3 is 7.82 Å². The molecule has 0 saturated heterocycles. The second kappa shape index (κ2) is 25.0. The summed E-state index contributed by atoms with van der Waals surface area (Å²) < 4.78 is 23.3. The lowest BCUT2D eigenvalue weighted by atomic mass is 10.0. The number of phosphoric ester groups is 1. The number of carbonyl (C=O) groups excluding carboxylic acids is 1. The molecule has 0 aromatic rings. The van der Waals surface area contributed by atoms with Crippen LogP contribution in [0, 0.1) is 0 Å². The average Bonchev–Trinajstić information content (AvgIpc) is 2.88. The van der Waals surface area contributed by atoms with E-state index in [2.05, 4.69) is 19.2 Å². The molecule has 0 saturated carbocycles. The topological polar surface area (TPSA) is 105 Å². The minimum atomic E-state index is -4.28. The van der Waals surface area contributed by atoms with Gasteiger partial charge in [-0.05, 0) is 12.8 Å². The molecule has 0 aliphatic carbocycles. The van der Waals surface area contributed by atoms with Gasteiger partial charge in [0.1, 0.15) is 13.2 Å². The molecule has 0 rings (SSSR count). The van der Waals surface area contributed by atoms with Crippen molar-refractivity contribution in [3.63, 3.8) is 0 Å². The maximum Gasteiger partial charge on any atom is 0.472 e. The van der Waals surface area contributed by atoms with Crippen molar-refractivity contribution in [2.45, 2.75) is 154 Å². The molecule has 0 fully saturated rings. The van der Waals surface area contributed by atoms with Gasteiger partial charge in [0.25, 0.3) is 0 Å². The molecule has 3 unspecified atom stereocenters. The first kappa shape index (κ1) is 39.5. The van der Waals surface area contributed by atoms with Crippen LogP contribution in [0.4, 0.5) is 0 Å². The van der Waals surface area contributed by atoms with Crippen molar-refractivity contribution in [3.05, 3.63) is 0 Å². The molecule has 3 atom stereocenters. The summed E-state index contributed by atoms with van der Waals surface area (Å²) in [6.45, 7) is 4.74. The second-order valence-electron chi connectivity index (χ2n) is 12.5. The number of amides is 1. The van der Waals surface area contributed by atoms with Crippen LogP contribution < -0.4 is 5.32 Å². The number of quaternary nitrogens is 1. The van der Waals surface area contributed by atoms with Crippen molar-refractivity contribution in [2.75, 3.05) is 40.9 Å². The van der Waals surface area contributed by atoms with Crippen molar-refractivity contribution in [2.24, 2.45) is 0 Å². The van der Waals surface area contributed by atoms with E-state index >= 15 is 0 Å². The van der Waals surface area contributed by atoms with Gasteiger partial charge in [-0.1, -0.05) is 123 Å². The number of nitrogens with one attached hydrogen (secondary N) is 1. The van der Waals surface area contributed by atoms with Gasteiger partial charge in [-0.25, -0.2) is 4.57 Å². The van der Waals surface area contributed by atoms with Crippen molar-refractivity contribution in [1.82, 2.24) is 5.32 Å². The molecular weight excluding hydrogens is 527 g/mol. The van der Waals surface area contributed by atoms with Crippen LogP contribution in [0.1, 0.15) is 142 Å². The molecule has 240 valence electrons. The maximum absolute atomic E-state index is 12.5. The van der Waals surface area contributed by atoms with Crippen molar-refractivity contribution >= 4 is 13.7 Å². The predicted molar refractivity (Wildman–Crippen MR) is 166 cm³/mol. The Hall–Kier alpha value is -0.500. The monoisotopic (exact) mass is 593 g/mol. The molecule has 0 aromatic carbocycles. The fourth-order valence-corrected chi connectivity index (χ4v) is 5.37. The summed E-state index contributed by atoms with van der Waals surface area (Å²) in [6, 6.07) is -0.747. The Morgan fingerprint density at radius 2 is 1.20 bits per heavy atom. The Bertz CT molecular complexity index is 644. The first-order valence-electron chi connectivity index (χ1n) is 16.4. The normalized spacial score (nSPS) is 15.1. The van der Waals surface area contributed by atoms with Crippen molar-refractivity contribution in [1.29, 1.82) is 0 Å². The molecule has 0 aliphatic heterocycles. The highest BCUT2D eigenvalue weighted by Gasteiger charge is 2.28. The third-order valence-corrected chi connectivity index (χ3v) is 8.34. The van der Waals surface area contributed by atoms with Crippen LogP contribution >= 0.6 is 7.82 Å². The molecule has 9 heteroatoms. The summed E-state index contributed by atoms with van der Waals surface area (Å²) in [7, 11) is 1.61. The smallest absolute Gasteiger partial charge is 0.391 e. The Labute approximate surface area is 247 Å². The van der Waals surface area contributed by atoms with E-state index in [9.17, 15) is 19.4 Å². The molecule has 1 amide bonds. The standard InChI is InChI=1S/C31H65N2O6P/c1-6-8-10-12-13-14-15-16-17-18-19-20-21-22-24-30(34)29(32-31(35)25-23-11-9-7-2)28-39-40(36,37)38-27-26-33(3,4)5/h29-30,34H,6-28H2,1-5H3,(H-,32,35,36,37)/p+1. The van der Waals surface area contributed by atoms with Crippen LogP contribution in [0.5, 0.6) is 0 Å². The summed E-state index contributed by atoms with van der Waals surface area (Å²) in [5, 5.41) is 13.7. The average molecular weight is 594 g/mol. The SMILES string of the molecule is CCCCCCCCCCCCCCCCC(O)C(COP(=O)(O)OCC[N+](C)(C)C)NC(=O)CCCCCC. The lowest BCUT2D eigenvalue weighted by molar-refractivity contribution is -0.870. The molecule has 0 aromatic heterocycles. The zero-order chi connectivity index (χ0) is 30.1. The molecule has 40 heavy (non-hydrogen) atoms. The molecule has 0 heterocycles. The van der Waals surface area contributed by atoms with Gasteiger partial charge in [0.05, 0.1) is 39.9 Å². The van der Waals surface area contributed by atoms with E-state index < -0.39 is 20.0 Å². The highest BCUT2D eigenvalue weighted by Crippen LogP contribution is 2.43. The summed E-state index contributed by atoms with van der Waals surface area (Å²) in [4.78, 5) is 22.6. The molecule has 0 bridgehead atoms. The number of rotatable bonds is 29. The van der Waals surface area contributed by atoms with E-state index in [0.717, 1.165) is 44.9 Å². The van der Waals surface area contributed by atoms with Crippen LogP contribution in [0.3, 0.4) is 0 Å². The first-order chi connectivity index (χ1) is 19.0. The van der Waals surface area contributed by atoms with Gasteiger partial charge in [-0.2, -0.15) is 0 Å². The van der Waals surface area contributed by atoms with Crippen LogP contribution in [-0.4, -0.2) is 73.4 Å². The molecule has 3 N–H and O–H groups in total. The third-order valence-electron chi connectivity index (χ3n) is 7.36. The third kappa shape index (κ3) is 26.4. The minimum Gasteiger partial charge on any atom is -0.391 e. The lowest BCUT2D eigenvalue weighted by Crippen LogP contribution is -2.46. The van der Waals surface area contributed by atoms with Gasteiger partial charge in [-0.15, -0.1) is 0 Å². The number of unbranched alkanes of at least 4 members (excludes halogenated alkanes) is 16. The van der Waals surface area contributed by atoms with Crippen molar-refractivity contribution in [3.8, 4) is 0 Å². The zero-order valence-corrected chi connectivity index (χ0v) is 27.7. The first-order valence-corrected chi connectivity index (χ1v) is 17.9. The number of nitrogens with zero attached hydrogens (tertiary/aromatic N) is 1. The minimum absolute atomic E-state index is 0.0767. The van der Waals surface area contributed by atoms with Crippen LogP contribution in [0.15, 0.2) is 0 Å². The van der Waals surface area contributed by atoms with E-state index in [0.29, 0.717) is 23.9 Å². The number of aliphatic hydroxyl groups excluding tert-OH is 1. The van der Waals surface area contributed by atoms with E-state index in [-0.39, 0.29) is 19.1 Å². The quantitative estimate of drug-likeness (QED) is 0.0471. The summed E-state index contributed by atoms with van der Waals surface area (Å²) in [5.41, 5.74) is 0. The lowest BCUT2D eigenvalue weighted by Gasteiger charge is -2.26. The van der Waals surface area contributed by atoms with E-state index in [1.54, 1.807) is 0 Å². The van der Waals surface area contributed by atoms with Crippen molar-refractivity contribution < 1.29 is 32.9 Å². The van der Waals surface area contributed by atoms with E-state index in [1.165, 1.54) is 70.6 Å². The maximum atomic E-state index is 12.5. The van der Waals surface area contributed by atoms with E-state index in [4.69, 9.17) is 9.05 Å². The van der Waals surface area contributed by atoms with Gasteiger partial charge in [0.2, 0.25) is 5.91 Å². The number of hydrogen-bond donors (Lipinski definition) is 3. The Kier molecular flexibility index (Phi) is 24.7. The molecular formula is C31H66N2O6P+. The van der Waals surface area contributed by atoms with Gasteiger partial charge < -0.3 is 19.8 Å². The number of phosphoric acid groups is 1. The van der Waals surface area contributed by atoms with Gasteiger partial charge in [-0.3, -0.25) is 13.8 Å². The number of hydrogen-bond acceptors (Lipinski definition) is 5. The number of carbonyl (C=O) groups is 1. The molecule has 0 aliphatic rings. The highest BCUT2D eigenvalue weighted by atomic mass is 31.2. The van der Waals surface area contributed by atoms with Crippen LogP contribution in [0.25, 0.3) is 0 Å². The zero-order valence-electron chi connectivity index (χ0n) is 26.8. The summed E-state index contributed by atoms with van der Waals surface area (Å²) in [5.74, 6) is -0.163. The number of aliphatic hydroxyl groups is 1. The van der Waals surface area contributed by atoms with Crippen LogP contribution in [0.2, 0.25) is 0 Å². The fraction of sp³-hybridized carbons (Fsp3) is 0.968. The second-order valence-corrected chi connectivity index (χ2v) is 14.0. The predicted octanol–water partition coefficient (Wildman–Crippen LogP) is 7.51. The Morgan fingerprint density at radius 1 is 0.750 bits per heavy atom. The Balaban J connectivity index is 4.36. The molecule has 0 radical (unpaired) electrons. The highest BCUT2D eigenvalue weighted by molar-refractivity contribution is 7.47. The fourth-order valence-electron chi connectivity index (χ4n) is 4.63.